The number of aliphatic hydroxyl groups is 1. The summed E-state index contributed by atoms with van der Waals surface area (Å²) in [5, 5.41) is 8.04. The highest BCUT2D eigenvalue weighted by molar-refractivity contribution is 7.99. The zero-order valence-electron chi connectivity index (χ0n) is 21.6. The largest absolute Gasteiger partial charge is 0.435 e. The Hall–Kier alpha value is -2.35. The minimum Gasteiger partial charge on any atom is -0.435 e. The van der Waals surface area contributed by atoms with Crippen molar-refractivity contribution in [2.45, 2.75) is 64.4 Å². The molecule has 0 atom stereocenters. The van der Waals surface area contributed by atoms with Crippen molar-refractivity contribution >= 4 is 40.0 Å². The van der Waals surface area contributed by atoms with Gasteiger partial charge in [-0.2, -0.15) is 8.78 Å². The van der Waals surface area contributed by atoms with Crippen LogP contribution in [0.5, 0.6) is 0 Å². The van der Waals surface area contributed by atoms with Crippen LogP contribution in [0, 0.1) is 5.92 Å². The number of H-pyrrole nitrogens is 1. The molecule has 0 amide bonds. The van der Waals surface area contributed by atoms with Crippen LogP contribution in [0.2, 0.25) is 5.02 Å². The summed E-state index contributed by atoms with van der Waals surface area (Å²) in [5.74, 6) is 3.12. The predicted molar refractivity (Wildman–Crippen MR) is 150 cm³/mol. The van der Waals surface area contributed by atoms with E-state index >= 15 is 0 Å². The van der Waals surface area contributed by atoms with E-state index in [1.807, 2.05) is 37.8 Å². The van der Waals surface area contributed by atoms with E-state index in [0.717, 1.165) is 29.2 Å². The Bertz CT molecular complexity index is 1200. The molecule has 5 rings (SSSR count). The van der Waals surface area contributed by atoms with Gasteiger partial charge in [0.05, 0.1) is 16.1 Å². The molecule has 0 radical (unpaired) electrons. The molecule has 0 aliphatic heterocycles. The number of hydrogen-bond donors (Lipinski definition) is 2. The number of aromatic amines is 1. The summed E-state index contributed by atoms with van der Waals surface area (Å²) in [6.45, 7) is 3.06. The van der Waals surface area contributed by atoms with Gasteiger partial charge in [0.1, 0.15) is 11.6 Å². The topological polar surface area (TPSA) is 58.1 Å². The van der Waals surface area contributed by atoms with Gasteiger partial charge < -0.3 is 14.8 Å². The van der Waals surface area contributed by atoms with E-state index in [1.54, 1.807) is 19.1 Å². The zero-order chi connectivity index (χ0) is 26.8. The first kappa shape index (κ1) is 29.2. The normalized spacial score (nSPS) is 14.8. The van der Waals surface area contributed by atoms with Gasteiger partial charge in [-0.1, -0.05) is 43.7 Å². The Labute approximate surface area is 227 Å². The Kier molecular flexibility index (Phi) is 11.5. The fourth-order valence-corrected chi connectivity index (χ4v) is 5.23. The molecule has 2 N–H and O–H groups in total. The third-order valence-electron chi connectivity index (χ3n) is 5.71. The molecule has 0 spiro atoms. The third-order valence-corrected chi connectivity index (χ3v) is 7.27. The molecule has 0 bridgehead atoms. The number of hydrogen-bond acceptors (Lipinski definition) is 4. The standard InChI is InChI=1S/C25H23ClF2N2OS.C2H6O.C2H6/c26-20-13-22-21(12-19(20)18-3-1-2-4-23(18)31-25(27)28)29-24(30-22)11-15-7-9-17(10-8-15)32-14-16-5-6-16;1-2-3;1-2/h3-4,7-10,12-13,16,25H,1-2,5-6,11,14H2,(H,29,30);3H,2H2,1H3;1-2H3. The Morgan fingerprint density at radius 1 is 1.14 bits per heavy atom. The van der Waals surface area contributed by atoms with Crippen molar-refractivity contribution in [2.24, 2.45) is 5.92 Å². The number of aliphatic hydroxyl groups excluding tert-OH is 1. The number of allylic oxidation sites excluding steroid dienone is 3. The molecule has 0 saturated heterocycles. The second-order valence-corrected chi connectivity index (χ2v) is 10.1. The van der Waals surface area contributed by atoms with Gasteiger partial charge in [-0.25, -0.2) is 4.98 Å². The van der Waals surface area contributed by atoms with E-state index in [-0.39, 0.29) is 12.4 Å². The number of rotatable bonds is 8. The fraction of sp³-hybridized carbons (Fsp3) is 0.414. The average molecular weight is 549 g/mol. The smallest absolute Gasteiger partial charge is 0.387 e. The summed E-state index contributed by atoms with van der Waals surface area (Å²) in [5.41, 5.74) is 3.99. The summed E-state index contributed by atoms with van der Waals surface area (Å²) in [6, 6.07) is 12.3. The quantitative estimate of drug-likeness (QED) is 0.277. The number of ether oxygens (including phenoxy) is 1. The van der Waals surface area contributed by atoms with E-state index < -0.39 is 6.61 Å². The number of thioether (sulfide) groups is 1. The van der Waals surface area contributed by atoms with E-state index in [4.69, 9.17) is 26.4 Å². The monoisotopic (exact) mass is 548 g/mol. The average Bonchev–Trinajstić information content (AvgIpc) is 3.64. The highest BCUT2D eigenvalue weighted by Gasteiger charge is 2.21. The van der Waals surface area contributed by atoms with Crippen LogP contribution in [0.15, 0.2) is 59.2 Å². The molecule has 2 aliphatic carbocycles. The first-order valence-electron chi connectivity index (χ1n) is 12.8. The number of imidazole rings is 1. The van der Waals surface area contributed by atoms with Gasteiger partial charge >= 0.3 is 6.61 Å². The fourth-order valence-electron chi connectivity index (χ4n) is 3.87. The lowest BCUT2D eigenvalue weighted by Gasteiger charge is -2.18. The van der Waals surface area contributed by atoms with E-state index in [1.165, 1.54) is 29.1 Å². The lowest BCUT2D eigenvalue weighted by atomic mass is 9.97. The van der Waals surface area contributed by atoms with Crippen molar-refractivity contribution in [3.63, 3.8) is 0 Å². The van der Waals surface area contributed by atoms with E-state index in [9.17, 15) is 8.78 Å². The maximum Gasteiger partial charge on any atom is 0.387 e. The van der Waals surface area contributed by atoms with Crippen molar-refractivity contribution < 1.29 is 18.6 Å². The molecule has 37 heavy (non-hydrogen) atoms. The summed E-state index contributed by atoms with van der Waals surface area (Å²) in [6.07, 6.45) is 8.41. The summed E-state index contributed by atoms with van der Waals surface area (Å²) >= 11 is 8.45. The molecule has 1 saturated carbocycles. The first-order valence-corrected chi connectivity index (χ1v) is 14.2. The number of benzene rings is 2. The summed E-state index contributed by atoms with van der Waals surface area (Å²) in [7, 11) is 0. The number of halogens is 3. The molecule has 1 aromatic heterocycles. The van der Waals surface area contributed by atoms with Gasteiger partial charge in [0.15, 0.2) is 0 Å². The lowest BCUT2D eigenvalue weighted by molar-refractivity contribution is -0.0912. The van der Waals surface area contributed by atoms with Gasteiger partial charge in [0, 0.05) is 34.8 Å². The van der Waals surface area contributed by atoms with Crippen molar-refractivity contribution in [1.82, 2.24) is 9.97 Å². The van der Waals surface area contributed by atoms with Gasteiger partial charge in [-0.05, 0) is 74.4 Å². The molecular formula is C29H35ClF2N2O2S. The number of nitrogens with zero attached hydrogens (tertiary/aromatic N) is 1. The Balaban J connectivity index is 0.000000711. The summed E-state index contributed by atoms with van der Waals surface area (Å²) in [4.78, 5) is 9.36. The molecule has 1 fully saturated rings. The van der Waals surface area contributed by atoms with Crippen LogP contribution in [-0.2, 0) is 11.2 Å². The number of nitrogens with one attached hydrogen (secondary N) is 1. The molecule has 0 unspecified atom stereocenters. The van der Waals surface area contributed by atoms with Crippen LogP contribution >= 0.6 is 23.4 Å². The van der Waals surface area contributed by atoms with Gasteiger partial charge in [0.2, 0.25) is 0 Å². The highest BCUT2D eigenvalue weighted by Crippen LogP contribution is 2.37. The van der Waals surface area contributed by atoms with Crippen molar-refractivity contribution in [1.29, 1.82) is 0 Å². The molecule has 8 heteroatoms. The summed E-state index contributed by atoms with van der Waals surface area (Å²) < 4.78 is 30.4. The van der Waals surface area contributed by atoms with Crippen LogP contribution < -0.4 is 0 Å². The molecular weight excluding hydrogens is 514 g/mol. The molecule has 2 aliphatic rings. The zero-order valence-corrected chi connectivity index (χ0v) is 23.1. The highest BCUT2D eigenvalue weighted by atomic mass is 35.5. The van der Waals surface area contributed by atoms with Crippen molar-refractivity contribution in [2.75, 3.05) is 12.4 Å². The molecule has 2 aromatic carbocycles. The van der Waals surface area contributed by atoms with Crippen LogP contribution in [0.4, 0.5) is 8.78 Å². The van der Waals surface area contributed by atoms with Gasteiger partial charge in [0.25, 0.3) is 0 Å². The van der Waals surface area contributed by atoms with E-state index in [0.29, 0.717) is 29.0 Å². The van der Waals surface area contributed by atoms with Crippen LogP contribution in [-0.4, -0.2) is 34.0 Å². The third kappa shape index (κ3) is 8.59. The van der Waals surface area contributed by atoms with Crippen LogP contribution in [0.25, 0.3) is 16.6 Å². The number of fused-ring (bicyclic) bond motifs is 1. The van der Waals surface area contributed by atoms with Gasteiger partial charge in [-0.3, -0.25) is 0 Å². The predicted octanol–water partition coefficient (Wildman–Crippen LogP) is 8.63. The lowest BCUT2D eigenvalue weighted by Crippen LogP contribution is -2.04. The maximum absolute atomic E-state index is 12.8. The Morgan fingerprint density at radius 2 is 1.81 bits per heavy atom. The second kappa shape index (κ2) is 14.6. The SMILES string of the molecule is CC.CCO.FC(F)OC1=CCCC=C1c1cc2nc(Cc3ccc(SCC4CC4)cc3)[nH]c2cc1Cl. The first-order chi connectivity index (χ1) is 18.0. The minimum absolute atomic E-state index is 0.169. The second-order valence-electron chi connectivity index (χ2n) is 8.57. The Morgan fingerprint density at radius 3 is 2.46 bits per heavy atom. The molecule has 1 heterocycles. The van der Waals surface area contributed by atoms with Gasteiger partial charge in [-0.15, -0.1) is 11.8 Å². The molecule has 4 nitrogen and oxygen atoms in total. The van der Waals surface area contributed by atoms with Crippen LogP contribution in [0.3, 0.4) is 0 Å². The van der Waals surface area contributed by atoms with Crippen molar-refractivity contribution in [3.8, 4) is 0 Å². The molecule has 200 valence electrons. The van der Waals surface area contributed by atoms with Crippen molar-refractivity contribution in [3.05, 3.63) is 76.3 Å². The minimum atomic E-state index is -2.87. The van der Waals surface area contributed by atoms with Crippen LogP contribution in [0.1, 0.15) is 63.4 Å². The number of alkyl halides is 2. The molecule has 3 aromatic rings. The maximum atomic E-state index is 12.8. The number of aromatic nitrogens is 2. The van der Waals surface area contributed by atoms with E-state index in [2.05, 4.69) is 29.2 Å².